The second-order valence-corrected chi connectivity index (χ2v) is 4.92. The highest BCUT2D eigenvalue weighted by Crippen LogP contribution is 2.26. The zero-order chi connectivity index (χ0) is 14.4. The van der Waals surface area contributed by atoms with Crippen molar-refractivity contribution in [3.63, 3.8) is 0 Å². The third-order valence-electron chi connectivity index (χ3n) is 3.25. The lowest BCUT2D eigenvalue weighted by Crippen LogP contribution is -2.19. The molecule has 20 heavy (non-hydrogen) atoms. The predicted molar refractivity (Wildman–Crippen MR) is 76.3 cm³/mol. The van der Waals surface area contributed by atoms with E-state index in [0.29, 0.717) is 12.1 Å². The molecule has 0 heterocycles. The van der Waals surface area contributed by atoms with Gasteiger partial charge in [0.2, 0.25) is 12.2 Å². The molecule has 4 heteroatoms. The number of rotatable bonds is 4. The molecule has 0 N–H and O–H groups in total. The Morgan fingerprint density at radius 2 is 1.95 bits per heavy atom. The Balaban J connectivity index is 2.05. The summed E-state index contributed by atoms with van der Waals surface area (Å²) in [5.74, 6) is 0. The van der Waals surface area contributed by atoms with Crippen LogP contribution in [0.15, 0.2) is 58.1 Å². The van der Waals surface area contributed by atoms with Crippen LogP contribution in [0.5, 0.6) is 0 Å². The van der Waals surface area contributed by atoms with Crippen molar-refractivity contribution in [1.29, 1.82) is 0 Å². The molecule has 1 aromatic carbocycles. The molecular weight excluding hydrogens is 252 g/mol. The highest BCUT2D eigenvalue weighted by Gasteiger charge is 2.21. The van der Waals surface area contributed by atoms with Crippen LogP contribution in [0.1, 0.15) is 18.9 Å². The van der Waals surface area contributed by atoms with Gasteiger partial charge in [-0.15, -0.1) is 0 Å². The number of isocyanates is 2. The molecule has 0 spiro atoms. The van der Waals surface area contributed by atoms with Gasteiger partial charge in [-0.3, -0.25) is 0 Å². The molecule has 0 radical (unpaired) electrons. The number of allylic oxidation sites excluding steroid dienone is 2. The predicted octanol–water partition coefficient (Wildman–Crippen LogP) is 3.18. The van der Waals surface area contributed by atoms with Crippen LogP contribution in [-0.4, -0.2) is 17.7 Å². The molecule has 1 unspecified atom stereocenters. The normalized spacial score (nSPS) is 20.6. The smallest absolute Gasteiger partial charge is 0.211 e. The minimum atomic E-state index is -0.465. The van der Waals surface area contributed by atoms with Crippen molar-refractivity contribution < 1.29 is 9.59 Å². The van der Waals surface area contributed by atoms with Gasteiger partial charge in [-0.05, 0) is 43.0 Å². The summed E-state index contributed by atoms with van der Waals surface area (Å²) in [5.41, 5.74) is 2.45. The van der Waals surface area contributed by atoms with E-state index in [1.807, 2.05) is 31.2 Å². The van der Waals surface area contributed by atoms with Crippen LogP contribution in [0.4, 0.5) is 5.69 Å². The van der Waals surface area contributed by atoms with E-state index >= 15 is 0 Å². The fourth-order valence-corrected chi connectivity index (χ4v) is 2.06. The van der Waals surface area contributed by atoms with E-state index in [-0.39, 0.29) is 0 Å². The molecule has 1 aliphatic rings. The van der Waals surface area contributed by atoms with Crippen LogP contribution >= 0.6 is 0 Å². The number of carbonyl (C=O) groups excluding carboxylic acids is 2. The molecule has 0 saturated heterocycles. The van der Waals surface area contributed by atoms with Crippen molar-refractivity contribution in [1.82, 2.24) is 0 Å². The fourth-order valence-electron chi connectivity index (χ4n) is 2.06. The Morgan fingerprint density at radius 1 is 1.20 bits per heavy atom. The molecule has 100 valence electrons. The van der Waals surface area contributed by atoms with Crippen molar-refractivity contribution in [2.24, 2.45) is 9.98 Å². The molecule has 2 rings (SSSR count). The minimum Gasteiger partial charge on any atom is -0.211 e. The third kappa shape index (κ3) is 3.48. The summed E-state index contributed by atoms with van der Waals surface area (Å²) in [6.45, 7) is 1.90. The highest BCUT2D eigenvalue weighted by molar-refractivity contribution is 5.49. The lowest BCUT2D eigenvalue weighted by atomic mass is 9.89. The van der Waals surface area contributed by atoms with Crippen LogP contribution in [0, 0.1) is 0 Å². The monoisotopic (exact) mass is 266 g/mol. The van der Waals surface area contributed by atoms with Crippen molar-refractivity contribution in [2.45, 2.75) is 25.3 Å². The minimum absolute atomic E-state index is 0.465. The van der Waals surface area contributed by atoms with E-state index in [1.165, 1.54) is 11.7 Å². The van der Waals surface area contributed by atoms with Crippen LogP contribution in [-0.2, 0) is 16.0 Å². The van der Waals surface area contributed by atoms with Gasteiger partial charge in [-0.25, -0.2) is 9.59 Å². The van der Waals surface area contributed by atoms with Crippen molar-refractivity contribution >= 4 is 17.8 Å². The SMILES string of the molecule is CC1(N=C=O)C=CC(Cc2ccc(N=C=O)cc2)=CC1. The quantitative estimate of drug-likeness (QED) is 0.620. The number of nitrogens with zero attached hydrogens (tertiary/aromatic N) is 2. The number of hydrogen-bond donors (Lipinski definition) is 0. The maximum Gasteiger partial charge on any atom is 0.240 e. The average molecular weight is 266 g/mol. The Morgan fingerprint density at radius 3 is 2.50 bits per heavy atom. The summed E-state index contributed by atoms with van der Waals surface area (Å²) in [4.78, 5) is 27.9. The summed E-state index contributed by atoms with van der Waals surface area (Å²) in [6.07, 6.45) is 10.6. The first-order chi connectivity index (χ1) is 9.65. The summed E-state index contributed by atoms with van der Waals surface area (Å²) in [6, 6.07) is 7.44. The summed E-state index contributed by atoms with van der Waals surface area (Å²) < 4.78 is 0. The second kappa shape index (κ2) is 6.07. The average Bonchev–Trinajstić information content (AvgIpc) is 2.44. The lowest BCUT2D eigenvalue weighted by molar-refractivity contribution is 0.537. The lowest BCUT2D eigenvalue weighted by Gasteiger charge is -2.21. The van der Waals surface area contributed by atoms with Crippen LogP contribution in [0.3, 0.4) is 0 Å². The second-order valence-electron chi connectivity index (χ2n) is 4.92. The molecule has 0 aliphatic heterocycles. The van der Waals surface area contributed by atoms with Gasteiger partial charge in [0.15, 0.2) is 0 Å². The number of aliphatic imine (C=N–C) groups is 2. The van der Waals surface area contributed by atoms with E-state index in [4.69, 9.17) is 0 Å². The van der Waals surface area contributed by atoms with E-state index in [0.717, 1.165) is 12.0 Å². The maximum absolute atomic E-state index is 10.4. The van der Waals surface area contributed by atoms with Crippen molar-refractivity contribution in [2.75, 3.05) is 0 Å². The van der Waals surface area contributed by atoms with Gasteiger partial charge in [0.25, 0.3) is 0 Å². The summed E-state index contributed by atoms with van der Waals surface area (Å²) in [5, 5.41) is 0. The molecule has 4 nitrogen and oxygen atoms in total. The molecule has 1 atom stereocenters. The highest BCUT2D eigenvalue weighted by atomic mass is 16.1. The zero-order valence-electron chi connectivity index (χ0n) is 11.2. The van der Waals surface area contributed by atoms with E-state index in [1.54, 1.807) is 18.2 Å². The van der Waals surface area contributed by atoms with Crippen LogP contribution in [0.25, 0.3) is 0 Å². The Bertz CT molecular complexity index is 646. The molecule has 0 fully saturated rings. The summed E-state index contributed by atoms with van der Waals surface area (Å²) >= 11 is 0. The van der Waals surface area contributed by atoms with E-state index in [2.05, 4.69) is 16.1 Å². The van der Waals surface area contributed by atoms with Gasteiger partial charge < -0.3 is 0 Å². The molecule has 0 saturated carbocycles. The molecule has 0 bridgehead atoms. The topological polar surface area (TPSA) is 58.9 Å². The number of hydrogen-bond acceptors (Lipinski definition) is 4. The molecule has 0 aromatic heterocycles. The summed E-state index contributed by atoms with van der Waals surface area (Å²) in [7, 11) is 0. The van der Waals surface area contributed by atoms with Crippen LogP contribution < -0.4 is 0 Å². The van der Waals surface area contributed by atoms with Crippen molar-refractivity contribution in [3.8, 4) is 0 Å². The first-order valence-electron chi connectivity index (χ1n) is 6.29. The van der Waals surface area contributed by atoms with Gasteiger partial charge in [0.05, 0.1) is 11.2 Å². The maximum atomic E-state index is 10.4. The molecule has 0 amide bonds. The number of benzene rings is 1. The Labute approximate surface area is 117 Å². The van der Waals surface area contributed by atoms with Crippen LogP contribution in [0.2, 0.25) is 0 Å². The third-order valence-corrected chi connectivity index (χ3v) is 3.25. The van der Waals surface area contributed by atoms with Gasteiger partial charge in [-0.1, -0.05) is 30.4 Å². The standard InChI is InChI=1S/C16H14N2O2/c1-16(18-12-20)8-6-14(7-9-16)10-13-2-4-15(5-3-13)17-11-19/h2-8H,9-10H2,1H3. The first kappa shape index (κ1) is 13.9. The Kier molecular flexibility index (Phi) is 4.21. The van der Waals surface area contributed by atoms with Gasteiger partial charge in [0, 0.05) is 0 Å². The van der Waals surface area contributed by atoms with Gasteiger partial charge in [0.1, 0.15) is 0 Å². The Hall–Kier alpha value is -2.54. The van der Waals surface area contributed by atoms with Gasteiger partial charge in [-0.2, -0.15) is 9.98 Å². The fraction of sp³-hybridized carbons (Fsp3) is 0.250. The largest absolute Gasteiger partial charge is 0.240 e. The van der Waals surface area contributed by atoms with Crippen molar-refractivity contribution in [3.05, 3.63) is 53.6 Å². The molecular formula is C16H14N2O2. The molecule has 1 aromatic rings. The zero-order valence-corrected chi connectivity index (χ0v) is 11.2. The first-order valence-corrected chi connectivity index (χ1v) is 6.29. The van der Waals surface area contributed by atoms with E-state index < -0.39 is 5.54 Å². The molecule has 1 aliphatic carbocycles. The van der Waals surface area contributed by atoms with E-state index in [9.17, 15) is 9.59 Å². The van der Waals surface area contributed by atoms with Gasteiger partial charge >= 0.3 is 0 Å².